The van der Waals surface area contributed by atoms with Crippen LogP contribution in [-0.4, -0.2) is 5.90 Å². The van der Waals surface area contributed by atoms with Gasteiger partial charge in [0.05, 0.1) is 0 Å². The average molecular weight is 431 g/mol. The fraction of sp³-hybridized carbons (Fsp3) is 0.520. The summed E-state index contributed by atoms with van der Waals surface area (Å²) in [4.78, 5) is 0. The van der Waals surface area contributed by atoms with Gasteiger partial charge in [-0.15, -0.1) is 0 Å². The molecular weight excluding hydrogens is 394 g/mol. The lowest BCUT2D eigenvalue weighted by atomic mass is 10.0. The van der Waals surface area contributed by atoms with Crippen LogP contribution < -0.4 is 10.6 Å². The Balaban J connectivity index is 2.46. The zero-order valence-electron chi connectivity index (χ0n) is 19.0. The van der Waals surface area contributed by atoms with E-state index >= 15 is 0 Å². The minimum Gasteiger partial charge on any atom is -0.0630 e. The zero-order chi connectivity index (χ0) is 21.6. The molecule has 0 aliphatic rings. The minimum atomic E-state index is -1.69. The van der Waals surface area contributed by atoms with E-state index < -0.39 is 15.6 Å². The average Bonchev–Trinajstić information content (AvgIpc) is 2.76. The summed E-state index contributed by atoms with van der Waals surface area (Å²) in [5.41, 5.74) is 7.26. The van der Waals surface area contributed by atoms with Crippen LogP contribution in [0.2, 0.25) is 0 Å². The number of aryl methyl sites for hydroxylation is 6. The van der Waals surface area contributed by atoms with E-state index in [1.165, 1.54) is 33.4 Å². The molecule has 2 aromatic rings. The quantitative estimate of drug-likeness (QED) is 0.397. The lowest BCUT2D eigenvalue weighted by Gasteiger charge is -2.08. The topological polar surface area (TPSA) is 34.1 Å². The first-order valence-electron chi connectivity index (χ1n) is 11.1. The van der Waals surface area contributed by atoms with Crippen LogP contribution in [0.3, 0.4) is 0 Å². The molecule has 4 heteroatoms. The van der Waals surface area contributed by atoms with Gasteiger partial charge in [0.2, 0.25) is 10.6 Å². The molecule has 0 heterocycles. The molecule has 0 aromatic heterocycles. The molecular formula is C25H36O2P2+2. The highest BCUT2D eigenvalue weighted by Gasteiger charge is 2.40. The van der Waals surface area contributed by atoms with E-state index in [1.54, 1.807) is 0 Å². The largest absolute Gasteiger partial charge is 0.429 e. The Labute approximate surface area is 179 Å². The molecule has 0 spiro atoms. The molecule has 2 aromatic carbocycles. The van der Waals surface area contributed by atoms with Crippen molar-refractivity contribution in [2.45, 2.75) is 80.1 Å². The SMILES string of the molecule is CCc1cc(CC)c([P+](=O)C[P+](=O)c2c(CC)cc(CC)cc2CC)c(CC)c1. The monoisotopic (exact) mass is 430 g/mol. The fourth-order valence-electron chi connectivity index (χ4n) is 4.05. The van der Waals surface area contributed by atoms with Crippen LogP contribution >= 0.6 is 15.6 Å². The third-order valence-electron chi connectivity index (χ3n) is 5.75. The second-order valence-corrected chi connectivity index (χ2v) is 11.1. The highest BCUT2D eigenvalue weighted by molar-refractivity contribution is 7.70. The fourth-order valence-corrected chi connectivity index (χ4v) is 8.29. The predicted octanol–water partition coefficient (Wildman–Crippen LogP) is 6.62. The van der Waals surface area contributed by atoms with Crippen molar-refractivity contribution in [3.63, 3.8) is 0 Å². The van der Waals surface area contributed by atoms with E-state index in [-0.39, 0.29) is 5.90 Å². The third kappa shape index (κ3) is 5.42. The molecule has 0 amide bonds. The molecule has 0 saturated carbocycles. The lowest BCUT2D eigenvalue weighted by Crippen LogP contribution is -2.16. The van der Waals surface area contributed by atoms with Crippen LogP contribution in [0.5, 0.6) is 0 Å². The minimum absolute atomic E-state index is 0.252. The zero-order valence-corrected chi connectivity index (χ0v) is 20.8. The Morgan fingerprint density at radius 2 is 0.793 bits per heavy atom. The number of benzene rings is 2. The Hall–Kier alpha value is -1.36. The first-order valence-corrected chi connectivity index (χ1v) is 14.0. The van der Waals surface area contributed by atoms with Gasteiger partial charge in [-0.2, -0.15) is 0 Å². The highest BCUT2D eigenvalue weighted by Crippen LogP contribution is 2.39. The van der Waals surface area contributed by atoms with E-state index in [1.807, 2.05) is 0 Å². The maximum absolute atomic E-state index is 13.5. The molecule has 2 unspecified atom stereocenters. The van der Waals surface area contributed by atoms with E-state index in [4.69, 9.17) is 0 Å². The van der Waals surface area contributed by atoms with Gasteiger partial charge in [-0.1, -0.05) is 74.9 Å². The normalized spacial score (nSPS) is 12.2. The number of rotatable bonds is 10. The van der Waals surface area contributed by atoms with Gasteiger partial charge in [0.1, 0.15) is 0 Å². The molecule has 2 atom stereocenters. The number of hydrogen-bond acceptors (Lipinski definition) is 2. The summed E-state index contributed by atoms with van der Waals surface area (Å²) < 4.78 is 26.9. The molecule has 0 fully saturated rings. The van der Waals surface area contributed by atoms with Crippen molar-refractivity contribution in [3.8, 4) is 0 Å². The molecule has 0 aliphatic heterocycles. The van der Waals surface area contributed by atoms with E-state index in [2.05, 4.69) is 65.8 Å². The summed E-state index contributed by atoms with van der Waals surface area (Å²) in [7, 11) is -3.38. The first-order chi connectivity index (χ1) is 13.9. The van der Waals surface area contributed by atoms with Crippen LogP contribution in [0.25, 0.3) is 0 Å². The van der Waals surface area contributed by atoms with Crippen molar-refractivity contribution in [2.75, 3.05) is 5.90 Å². The highest BCUT2D eigenvalue weighted by atomic mass is 31.2. The Morgan fingerprint density at radius 1 is 0.517 bits per heavy atom. The lowest BCUT2D eigenvalue weighted by molar-refractivity contribution is 0.588. The van der Waals surface area contributed by atoms with E-state index in [0.29, 0.717) is 0 Å². The van der Waals surface area contributed by atoms with Crippen LogP contribution in [0.15, 0.2) is 24.3 Å². The molecule has 0 saturated heterocycles. The van der Waals surface area contributed by atoms with Crippen molar-refractivity contribution < 1.29 is 9.13 Å². The summed E-state index contributed by atoms with van der Waals surface area (Å²) in [5, 5.41) is 1.93. The van der Waals surface area contributed by atoms with Crippen LogP contribution in [-0.2, 0) is 47.7 Å². The molecule has 0 bridgehead atoms. The third-order valence-corrected chi connectivity index (χ3v) is 9.95. The summed E-state index contributed by atoms with van der Waals surface area (Å²) in [6.45, 7) is 12.8. The Kier molecular flexibility index (Phi) is 9.19. The molecule has 156 valence electrons. The predicted molar refractivity (Wildman–Crippen MR) is 129 cm³/mol. The molecule has 2 nitrogen and oxygen atoms in total. The molecule has 2 rings (SSSR count). The van der Waals surface area contributed by atoms with Crippen molar-refractivity contribution >= 4 is 26.2 Å². The van der Waals surface area contributed by atoms with Crippen LogP contribution in [0.4, 0.5) is 0 Å². The summed E-state index contributed by atoms with van der Waals surface area (Å²) in [5.74, 6) is 0.252. The van der Waals surface area contributed by atoms with Gasteiger partial charge in [0.25, 0.3) is 0 Å². The van der Waals surface area contributed by atoms with Crippen LogP contribution in [0.1, 0.15) is 74.9 Å². The van der Waals surface area contributed by atoms with Crippen molar-refractivity contribution in [1.29, 1.82) is 0 Å². The van der Waals surface area contributed by atoms with Crippen molar-refractivity contribution in [3.05, 3.63) is 57.6 Å². The number of hydrogen-bond donors (Lipinski definition) is 0. The van der Waals surface area contributed by atoms with Crippen molar-refractivity contribution in [1.82, 2.24) is 0 Å². The van der Waals surface area contributed by atoms with Crippen LogP contribution in [0, 0.1) is 0 Å². The molecule has 0 aliphatic carbocycles. The molecule has 0 radical (unpaired) electrons. The molecule has 0 N–H and O–H groups in total. The molecule has 29 heavy (non-hydrogen) atoms. The maximum Gasteiger partial charge on any atom is 0.429 e. The van der Waals surface area contributed by atoms with Gasteiger partial charge >= 0.3 is 21.5 Å². The standard InChI is InChI=1S/C25H36O2P2/c1-7-18-13-20(9-3)24(21(10-4)14-18)28(26)17-29(27)25-22(11-5)15-19(8-2)16-23(25)12-6/h13-16H,7-12,17H2,1-6H3/q+2. The smallest absolute Gasteiger partial charge is 0.0630 e. The van der Waals surface area contributed by atoms with Gasteiger partial charge in [-0.3, -0.25) is 0 Å². The second kappa shape index (κ2) is 11.1. The Morgan fingerprint density at radius 3 is 1.00 bits per heavy atom. The summed E-state index contributed by atoms with van der Waals surface area (Å²) in [6.07, 6.45) is 5.40. The van der Waals surface area contributed by atoms with Gasteiger partial charge in [-0.05, 0) is 49.7 Å². The van der Waals surface area contributed by atoms with Gasteiger partial charge in [0, 0.05) is 22.3 Å². The maximum atomic E-state index is 13.5. The van der Waals surface area contributed by atoms with E-state index in [0.717, 1.165) is 49.1 Å². The van der Waals surface area contributed by atoms with Gasteiger partial charge in [-0.25, -0.2) is 0 Å². The first kappa shape index (κ1) is 23.9. The summed E-state index contributed by atoms with van der Waals surface area (Å²) >= 11 is 0. The van der Waals surface area contributed by atoms with Gasteiger partial charge < -0.3 is 0 Å². The summed E-state index contributed by atoms with van der Waals surface area (Å²) in [6, 6.07) is 8.78. The second-order valence-electron chi connectivity index (χ2n) is 7.55. The van der Waals surface area contributed by atoms with Gasteiger partial charge in [0.15, 0.2) is 0 Å². The van der Waals surface area contributed by atoms with E-state index in [9.17, 15) is 9.13 Å². The Bertz CT molecular complexity index is 776. The van der Waals surface area contributed by atoms with Crippen molar-refractivity contribution in [2.24, 2.45) is 0 Å².